The van der Waals surface area contributed by atoms with Crippen molar-refractivity contribution in [1.82, 2.24) is 19.9 Å². The Morgan fingerprint density at radius 2 is 1.88 bits per heavy atom. The summed E-state index contributed by atoms with van der Waals surface area (Å²) in [5, 5.41) is 3.83. The van der Waals surface area contributed by atoms with Gasteiger partial charge < -0.3 is 15.2 Å². The zero-order valence-corrected chi connectivity index (χ0v) is 14.2. The molecule has 0 aliphatic carbocycles. The van der Waals surface area contributed by atoms with Gasteiger partial charge in [-0.15, -0.1) is 0 Å². The molecule has 0 fully saturated rings. The maximum absolute atomic E-state index is 12.1. The van der Waals surface area contributed by atoms with E-state index in [9.17, 15) is 4.79 Å². The molecule has 0 bridgehead atoms. The van der Waals surface area contributed by atoms with Gasteiger partial charge in [-0.2, -0.15) is 4.98 Å². The van der Waals surface area contributed by atoms with E-state index in [1.807, 2.05) is 51.0 Å². The minimum atomic E-state index is -0.137. The van der Waals surface area contributed by atoms with E-state index in [0.717, 1.165) is 17.1 Å². The first-order chi connectivity index (χ1) is 11.5. The second-order valence-electron chi connectivity index (χ2n) is 5.86. The quantitative estimate of drug-likeness (QED) is 0.763. The fourth-order valence-electron chi connectivity index (χ4n) is 2.37. The molecule has 0 amide bonds. The molecule has 2 aromatic heterocycles. The number of benzene rings is 1. The molecule has 7 nitrogen and oxygen atoms in total. The Kier molecular flexibility index (Phi) is 4.16. The molecule has 3 rings (SSSR count). The van der Waals surface area contributed by atoms with Gasteiger partial charge in [0.05, 0.1) is 17.4 Å². The molecule has 0 saturated carbocycles. The second-order valence-corrected chi connectivity index (χ2v) is 5.86. The van der Waals surface area contributed by atoms with Crippen LogP contribution in [0.5, 0.6) is 0 Å². The van der Waals surface area contributed by atoms with Crippen molar-refractivity contribution in [1.29, 1.82) is 0 Å². The van der Waals surface area contributed by atoms with Crippen LogP contribution in [-0.4, -0.2) is 34.0 Å². The van der Waals surface area contributed by atoms with Crippen LogP contribution in [-0.2, 0) is 6.54 Å². The topological polar surface area (TPSA) is 86.8 Å². The molecule has 0 atom stereocenters. The van der Waals surface area contributed by atoms with E-state index in [4.69, 9.17) is 0 Å². The van der Waals surface area contributed by atoms with E-state index in [-0.39, 0.29) is 5.56 Å². The average molecular weight is 324 g/mol. The molecule has 24 heavy (non-hydrogen) atoms. The summed E-state index contributed by atoms with van der Waals surface area (Å²) in [6.45, 7) is 4.29. The number of nitrogens with zero attached hydrogens (tertiary/aromatic N) is 4. The molecule has 124 valence electrons. The third-order valence-electron chi connectivity index (χ3n) is 3.86. The third kappa shape index (κ3) is 3.05. The van der Waals surface area contributed by atoms with Crippen LogP contribution in [0.15, 0.2) is 29.1 Å². The van der Waals surface area contributed by atoms with Crippen LogP contribution < -0.4 is 15.8 Å². The smallest absolute Gasteiger partial charge is 0.258 e. The minimum absolute atomic E-state index is 0.137. The van der Waals surface area contributed by atoms with E-state index in [1.54, 1.807) is 6.07 Å². The van der Waals surface area contributed by atoms with Gasteiger partial charge in [0, 0.05) is 25.4 Å². The molecule has 2 N–H and O–H groups in total. The van der Waals surface area contributed by atoms with Crippen LogP contribution in [0.2, 0.25) is 0 Å². The summed E-state index contributed by atoms with van der Waals surface area (Å²) in [6.07, 6.45) is 0. The lowest BCUT2D eigenvalue weighted by molar-refractivity contribution is 0.919. The number of fused-ring (bicyclic) bond motifs is 1. The highest BCUT2D eigenvalue weighted by Crippen LogP contribution is 2.18. The number of aromatic nitrogens is 4. The zero-order valence-electron chi connectivity index (χ0n) is 14.2. The van der Waals surface area contributed by atoms with Crippen molar-refractivity contribution >= 4 is 22.7 Å². The molecule has 0 spiro atoms. The number of H-pyrrole nitrogens is 1. The minimum Gasteiger partial charge on any atom is -0.362 e. The van der Waals surface area contributed by atoms with Gasteiger partial charge in [-0.25, -0.2) is 9.97 Å². The van der Waals surface area contributed by atoms with E-state index >= 15 is 0 Å². The Labute approximate surface area is 139 Å². The Balaban J connectivity index is 1.90. The highest BCUT2D eigenvalue weighted by molar-refractivity contribution is 5.77. The van der Waals surface area contributed by atoms with Crippen LogP contribution in [0.1, 0.15) is 17.1 Å². The van der Waals surface area contributed by atoms with Crippen molar-refractivity contribution in [2.75, 3.05) is 24.3 Å². The zero-order chi connectivity index (χ0) is 17.3. The normalized spacial score (nSPS) is 10.8. The summed E-state index contributed by atoms with van der Waals surface area (Å²) in [5.41, 5.74) is 2.43. The number of hydrogen-bond donors (Lipinski definition) is 2. The first kappa shape index (κ1) is 15.9. The summed E-state index contributed by atoms with van der Waals surface area (Å²) in [4.78, 5) is 30.2. The summed E-state index contributed by atoms with van der Waals surface area (Å²) in [6, 6.07) is 7.29. The number of para-hydroxylation sites is 1. The maximum atomic E-state index is 12.1. The van der Waals surface area contributed by atoms with Gasteiger partial charge in [0.25, 0.3) is 5.56 Å². The van der Waals surface area contributed by atoms with Crippen molar-refractivity contribution in [3.05, 3.63) is 51.7 Å². The van der Waals surface area contributed by atoms with Gasteiger partial charge in [0.1, 0.15) is 11.6 Å². The van der Waals surface area contributed by atoms with E-state index in [0.29, 0.717) is 29.2 Å². The molecular weight excluding hydrogens is 304 g/mol. The molecule has 3 aromatic rings. The van der Waals surface area contributed by atoms with E-state index in [1.165, 1.54) is 0 Å². The fraction of sp³-hybridized carbons (Fsp3) is 0.294. The standard InChI is InChI=1S/C17H20N6O/c1-10-11(2)19-17(23(3)4)22-15(10)18-9-14-20-13-8-6-5-7-12(13)16(24)21-14/h5-8H,9H2,1-4H3,(H,18,19,22)(H,20,21,24). The van der Waals surface area contributed by atoms with Gasteiger partial charge in [-0.1, -0.05) is 12.1 Å². The number of hydrogen-bond acceptors (Lipinski definition) is 6. The lowest BCUT2D eigenvalue weighted by Crippen LogP contribution is -2.17. The van der Waals surface area contributed by atoms with Crippen molar-refractivity contribution in [2.24, 2.45) is 0 Å². The summed E-state index contributed by atoms with van der Waals surface area (Å²) in [5.74, 6) is 1.95. The van der Waals surface area contributed by atoms with Gasteiger partial charge in [0.15, 0.2) is 0 Å². The fourth-order valence-corrected chi connectivity index (χ4v) is 2.37. The van der Waals surface area contributed by atoms with Crippen molar-refractivity contribution < 1.29 is 0 Å². The maximum Gasteiger partial charge on any atom is 0.258 e. The van der Waals surface area contributed by atoms with Crippen molar-refractivity contribution in [2.45, 2.75) is 20.4 Å². The molecular formula is C17H20N6O. The summed E-state index contributed by atoms with van der Waals surface area (Å²) in [7, 11) is 3.80. The molecule has 0 unspecified atom stereocenters. The van der Waals surface area contributed by atoms with Gasteiger partial charge in [-0.05, 0) is 26.0 Å². The Morgan fingerprint density at radius 1 is 1.12 bits per heavy atom. The Hall–Kier alpha value is -2.96. The third-order valence-corrected chi connectivity index (χ3v) is 3.86. The monoisotopic (exact) mass is 324 g/mol. The average Bonchev–Trinajstić information content (AvgIpc) is 2.56. The van der Waals surface area contributed by atoms with E-state index < -0.39 is 0 Å². The van der Waals surface area contributed by atoms with Crippen LogP contribution in [0.4, 0.5) is 11.8 Å². The highest BCUT2D eigenvalue weighted by atomic mass is 16.1. The van der Waals surface area contributed by atoms with Gasteiger partial charge in [0.2, 0.25) is 5.95 Å². The number of anilines is 2. The second kappa shape index (κ2) is 6.27. The molecule has 2 heterocycles. The predicted octanol–water partition coefficient (Wildman–Crippen LogP) is 2.01. The largest absolute Gasteiger partial charge is 0.362 e. The number of aromatic amines is 1. The predicted molar refractivity (Wildman–Crippen MR) is 95.5 cm³/mol. The first-order valence-electron chi connectivity index (χ1n) is 7.70. The van der Waals surface area contributed by atoms with Crippen molar-refractivity contribution in [3.63, 3.8) is 0 Å². The number of rotatable bonds is 4. The van der Waals surface area contributed by atoms with Crippen LogP contribution in [0.3, 0.4) is 0 Å². The molecule has 0 aliphatic rings. The highest BCUT2D eigenvalue weighted by Gasteiger charge is 2.10. The van der Waals surface area contributed by atoms with Crippen molar-refractivity contribution in [3.8, 4) is 0 Å². The Bertz CT molecular complexity index is 947. The van der Waals surface area contributed by atoms with Gasteiger partial charge >= 0.3 is 0 Å². The summed E-state index contributed by atoms with van der Waals surface area (Å²) < 4.78 is 0. The lowest BCUT2D eigenvalue weighted by atomic mass is 10.2. The van der Waals surface area contributed by atoms with Crippen LogP contribution in [0.25, 0.3) is 10.9 Å². The van der Waals surface area contributed by atoms with Gasteiger partial charge in [-0.3, -0.25) is 4.79 Å². The molecule has 0 aliphatic heterocycles. The summed E-state index contributed by atoms with van der Waals surface area (Å²) >= 11 is 0. The van der Waals surface area contributed by atoms with E-state index in [2.05, 4.69) is 25.3 Å². The molecule has 1 aromatic carbocycles. The number of nitrogens with one attached hydrogen (secondary N) is 2. The lowest BCUT2D eigenvalue weighted by Gasteiger charge is -2.15. The first-order valence-corrected chi connectivity index (χ1v) is 7.70. The van der Waals surface area contributed by atoms with Crippen LogP contribution >= 0.6 is 0 Å². The van der Waals surface area contributed by atoms with Crippen LogP contribution in [0, 0.1) is 13.8 Å². The SMILES string of the molecule is Cc1nc(N(C)C)nc(NCc2nc3ccccc3c(=O)[nH]2)c1C. The molecule has 0 radical (unpaired) electrons. The molecule has 0 saturated heterocycles. The number of aryl methyl sites for hydroxylation is 1. The molecule has 7 heteroatoms. The Morgan fingerprint density at radius 3 is 2.62 bits per heavy atom.